The number of piperidine rings is 1. The Morgan fingerprint density at radius 2 is 2.15 bits per heavy atom. The second-order valence-electron chi connectivity index (χ2n) is 6.12. The summed E-state index contributed by atoms with van der Waals surface area (Å²) in [7, 11) is 0. The molecule has 0 radical (unpaired) electrons. The molecule has 2 aromatic heterocycles. The number of aromatic nitrogens is 1. The molecule has 1 fully saturated rings. The molecule has 1 aromatic carbocycles. The molecule has 1 N–H and O–H groups in total. The Hall–Kier alpha value is -3.00. The van der Waals surface area contributed by atoms with Crippen LogP contribution in [0.4, 0.5) is 10.1 Å². The van der Waals surface area contributed by atoms with Crippen LogP contribution in [0.25, 0.3) is 10.8 Å². The molecule has 0 saturated carbocycles. The number of nitrogens with one attached hydrogen (secondary N) is 1. The van der Waals surface area contributed by atoms with Crippen molar-refractivity contribution < 1.29 is 18.4 Å². The molecular weight excluding hydrogens is 369 g/mol. The third kappa shape index (κ3) is 3.48. The molecule has 1 aliphatic rings. The largest absolute Gasteiger partial charge is 0.462 e. The molecule has 1 aliphatic heterocycles. The molecule has 6 nitrogen and oxygen atoms in total. The van der Waals surface area contributed by atoms with Crippen molar-refractivity contribution in [2.24, 2.45) is 0 Å². The number of amides is 2. The zero-order chi connectivity index (χ0) is 18.8. The van der Waals surface area contributed by atoms with Gasteiger partial charge in [-0.05, 0) is 37.1 Å². The van der Waals surface area contributed by atoms with Gasteiger partial charge in [-0.15, -0.1) is 11.3 Å². The Morgan fingerprint density at radius 3 is 2.93 bits per heavy atom. The van der Waals surface area contributed by atoms with Gasteiger partial charge in [0, 0.05) is 6.54 Å². The number of para-hydroxylation sites is 1. The average Bonchev–Trinajstić information content (AvgIpc) is 3.35. The van der Waals surface area contributed by atoms with E-state index in [1.807, 2.05) is 0 Å². The van der Waals surface area contributed by atoms with Crippen LogP contribution in [0.3, 0.4) is 0 Å². The van der Waals surface area contributed by atoms with Crippen LogP contribution in [0.5, 0.6) is 0 Å². The summed E-state index contributed by atoms with van der Waals surface area (Å²) >= 11 is 1.19. The summed E-state index contributed by atoms with van der Waals surface area (Å²) < 4.78 is 19.3. The summed E-state index contributed by atoms with van der Waals surface area (Å²) in [6, 6.07) is 8.95. The van der Waals surface area contributed by atoms with Crippen molar-refractivity contribution in [3.05, 3.63) is 59.6 Å². The van der Waals surface area contributed by atoms with Crippen molar-refractivity contribution in [3.63, 3.8) is 0 Å². The molecular formula is C19H16FN3O3S. The third-order valence-electron chi connectivity index (χ3n) is 4.35. The molecule has 3 aromatic rings. The molecule has 4 rings (SSSR count). The molecule has 27 heavy (non-hydrogen) atoms. The summed E-state index contributed by atoms with van der Waals surface area (Å²) in [5.74, 6) is -0.559. The molecule has 1 atom stereocenters. The molecule has 1 unspecified atom stereocenters. The number of thiazole rings is 1. The van der Waals surface area contributed by atoms with Gasteiger partial charge in [-0.3, -0.25) is 9.59 Å². The summed E-state index contributed by atoms with van der Waals surface area (Å²) in [4.78, 5) is 31.3. The monoisotopic (exact) mass is 385 g/mol. The quantitative estimate of drug-likeness (QED) is 0.746. The SMILES string of the molecule is O=C(NC1CCCN(c2ccccc2F)C1=O)c1cnc(-c2ccco2)s1. The van der Waals surface area contributed by atoms with Crippen molar-refractivity contribution in [1.82, 2.24) is 10.3 Å². The van der Waals surface area contributed by atoms with Crippen LogP contribution >= 0.6 is 11.3 Å². The first-order chi connectivity index (χ1) is 13.1. The van der Waals surface area contributed by atoms with E-state index < -0.39 is 11.9 Å². The van der Waals surface area contributed by atoms with Crippen molar-refractivity contribution in [2.45, 2.75) is 18.9 Å². The normalized spacial score (nSPS) is 17.1. The smallest absolute Gasteiger partial charge is 0.263 e. The number of rotatable bonds is 4. The minimum atomic E-state index is -0.694. The summed E-state index contributed by atoms with van der Waals surface area (Å²) in [6.07, 6.45) is 4.18. The third-order valence-corrected chi connectivity index (χ3v) is 5.36. The number of nitrogens with zero attached hydrogens (tertiary/aromatic N) is 2. The predicted octanol–water partition coefficient (Wildman–Crippen LogP) is 3.47. The summed E-state index contributed by atoms with van der Waals surface area (Å²) in [5, 5.41) is 3.34. The highest BCUT2D eigenvalue weighted by Gasteiger charge is 2.32. The lowest BCUT2D eigenvalue weighted by Gasteiger charge is -2.32. The van der Waals surface area contributed by atoms with Crippen LogP contribution in [0.1, 0.15) is 22.5 Å². The molecule has 0 aliphatic carbocycles. The highest BCUT2D eigenvalue weighted by Crippen LogP contribution is 2.27. The van der Waals surface area contributed by atoms with E-state index in [-0.39, 0.29) is 17.5 Å². The number of carbonyl (C=O) groups is 2. The maximum absolute atomic E-state index is 14.0. The molecule has 1 saturated heterocycles. The lowest BCUT2D eigenvalue weighted by atomic mass is 10.0. The van der Waals surface area contributed by atoms with Gasteiger partial charge in [-0.2, -0.15) is 0 Å². The van der Waals surface area contributed by atoms with E-state index in [1.54, 1.807) is 30.3 Å². The molecule has 8 heteroatoms. The van der Waals surface area contributed by atoms with Crippen LogP contribution in [0, 0.1) is 5.82 Å². The number of benzene rings is 1. The fourth-order valence-corrected chi connectivity index (χ4v) is 3.83. The number of hydrogen-bond donors (Lipinski definition) is 1. The maximum Gasteiger partial charge on any atom is 0.263 e. The van der Waals surface area contributed by atoms with E-state index >= 15 is 0 Å². The van der Waals surface area contributed by atoms with E-state index in [0.717, 1.165) is 0 Å². The fraction of sp³-hybridized carbons (Fsp3) is 0.211. The first-order valence-electron chi connectivity index (χ1n) is 8.50. The van der Waals surface area contributed by atoms with Gasteiger partial charge in [-0.25, -0.2) is 9.37 Å². The summed E-state index contributed by atoms with van der Waals surface area (Å²) in [6.45, 7) is 0.426. The molecule has 0 bridgehead atoms. The lowest BCUT2D eigenvalue weighted by Crippen LogP contribution is -2.52. The Kier molecular flexibility index (Phi) is 4.72. The van der Waals surface area contributed by atoms with Crippen LogP contribution in [-0.4, -0.2) is 29.4 Å². The summed E-state index contributed by atoms with van der Waals surface area (Å²) in [5.41, 5.74) is 0.236. The number of carbonyl (C=O) groups excluding carboxylic acids is 2. The van der Waals surface area contributed by atoms with Crippen molar-refractivity contribution in [2.75, 3.05) is 11.4 Å². The van der Waals surface area contributed by atoms with E-state index in [0.29, 0.717) is 35.0 Å². The van der Waals surface area contributed by atoms with Gasteiger partial charge >= 0.3 is 0 Å². The van der Waals surface area contributed by atoms with Crippen LogP contribution in [0.2, 0.25) is 0 Å². The van der Waals surface area contributed by atoms with Gasteiger partial charge in [0.2, 0.25) is 5.91 Å². The minimum Gasteiger partial charge on any atom is -0.462 e. The zero-order valence-corrected chi connectivity index (χ0v) is 15.0. The van der Waals surface area contributed by atoms with E-state index in [9.17, 15) is 14.0 Å². The Labute approximate surface area is 158 Å². The maximum atomic E-state index is 14.0. The number of furan rings is 1. The Morgan fingerprint density at radius 1 is 1.30 bits per heavy atom. The van der Waals surface area contributed by atoms with Crippen LogP contribution in [-0.2, 0) is 4.79 Å². The molecule has 2 amide bonds. The van der Waals surface area contributed by atoms with Gasteiger partial charge in [0.05, 0.1) is 18.1 Å². The standard InChI is InChI=1S/C19H16FN3O3S/c20-12-5-1-2-7-14(12)23-9-3-6-13(19(23)25)22-17(24)16-11-21-18(27-16)15-8-4-10-26-15/h1-2,4-5,7-8,10-11,13H,3,6,9H2,(H,22,24). The second kappa shape index (κ2) is 7.32. The topological polar surface area (TPSA) is 75.4 Å². The Balaban J connectivity index is 1.48. The Bertz CT molecular complexity index is 970. The van der Waals surface area contributed by atoms with Gasteiger partial charge in [-0.1, -0.05) is 12.1 Å². The fourth-order valence-electron chi connectivity index (χ4n) is 3.04. The second-order valence-corrected chi connectivity index (χ2v) is 7.15. The zero-order valence-electron chi connectivity index (χ0n) is 14.2. The molecule has 3 heterocycles. The predicted molar refractivity (Wildman–Crippen MR) is 99.1 cm³/mol. The van der Waals surface area contributed by atoms with Gasteiger partial charge < -0.3 is 14.6 Å². The van der Waals surface area contributed by atoms with Gasteiger partial charge in [0.15, 0.2) is 10.8 Å². The first kappa shape index (κ1) is 17.4. The van der Waals surface area contributed by atoms with Crippen LogP contribution < -0.4 is 10.2 Å². The first-order valence-corrected chi connectivity index (χ1v) is 9.31. The number of hydrogen-bond acceptors (Lipinski definition) is 5. The van der Waals surface area contributed by atoms with E-state index in [4.69, 9.17) is 4.42 Å². The average molecular weight is 385 g/mol. The minimum absolute atomic E-state index is 0.236. The van der Waals surface area contributed by atoms with Crippen LogP contribution in [0.15, 0.2) is 53.3 Å². The molecule has 0 spiro atoms. The van der Waals surface area contributed by atoms with Gasteiger partial charge in [0.25, 0.3) is 5.91 Å². The van der Waals surface area contributed by atoms with Crippen molar-refractivity contribution >= 4 is 28.8 Å². The van der Waals surface area contributed by atoms with Gasteiger partial charge in [0.1, 0.15) is 16.7 Å². The lowest BCUT2D eigenvalue weighted by molar-refractivity contribution is -0.121. The molecule has 138 valence electrons. The number of anilines is 1. The highest BCUT2D eigenvalue weighted by atomic mass is 32.1. The van der Waals surface area contributed by atoms with E-state index in [2.05, 4.69) is 10.3 Å². The van der Waals surface area contributed by atoms with Crippen molar-refractivity contribution in [1.29, 1.82) is 0 Å². The highest BCUT2D eigenvalue weighted by molar-refractivity contribution is 7.16. The van der Waals surface area contributed by atoms with E-state index in [1.165, 1.54) is 34.8 Å². The number of halogens is 1. The van der Waals surface area contributed by atoms with Crippen molar-refractivity contribution in [3.8, 4) is 10.8 Å².